The number of nitrogens with one attached hydrogen (secondary N) is 1. The number of ether oxygens (including phenoxy) is 1. The fourth-order valence-electron chi connectivity index (χ4n) is 2.25. The Hall–Kier alpha value is -2.73. The van der Waals surface area contributed by atoms with Crippen LogP contribution in [0.5, 0.6) is 0 Å². The fraction of sp³-hybridized carbons (Fsp3) is 0.176. The summed E-state index contributed by atoms with van der Waals surface area (Å²) in [6.07, 6.45) is -0.410. The van der Waals surface area contributed by atoms with Crippen LogP contribution in [0.4, 0.5) is 10.1 Å². The van der Waals surface area contributed by atoms with Crippen LogP contribution in [0.2, 0.25) is 0 Å². The van der Waals surface area contributed by atoms with Gasteiger partial charge in [-0.1, -0.05) is 18.2 Å². The molecule has 0 bridgehead atoms. The number of hydrogen-bond donors (Lipinski definition) is 2. The first kappa shape index (κ1) is 15.2. The van der Waals surface area contributed by atoms with Crippen molar-refractivity contribution in [1.29, 1.82) is 0 Å². The normalized spacial score (nSPS) is 16.6. The van der Waals surface area contributed by atoms with Gasteiger partial charge in [0.25, 0.3) is 5.91 Å². The van der Waals surface area contributed by atoms with Gasteiger partial charge < -0.3 is 15.2 Å². The van der Waals surface area contributed by atoms with Gasteiger partial charge in [0.15, 0.2) is 0 Å². The minimum absolute atomic E-state index is 0.153. The summed E-state index contributed by atoms with van der Waals surface area (Å²) >= 11 is 0. The van der Waals surface area contributed by atoms with Gasteiger partial charge in [-0.2, -0.15) is 0 Å². The van der Waals surface area contributed by atoms with Crippen LogP contribution >= 0.6 is 0 Å². The van der Waals surface area contributed by atoms with Crippen molar-refractivity contribution in [3.05, 3.63) is 65.5 Å². The van der Waals surface area contributed by atoms with Gasteiger partial charge in [-0.25, -0.2) is 9.38 Å². The Morgan fingerprint density at radius 3 is 2.78 bits per heavy atom. The molecule has 1 atom stereocenters. The Labute approximate surface area is 132 Å². The standard InChI is InChI=1S/C17H15FN2O3/c18-12-6-7-14(17-19-9-13(10-21)23-17)15(8-12)20-16(22)11-4-2-1-3-5-11/h1-8,13,21H,9-10H2,(H,20,22). The Bertz CT molecular complexity index is 747. The average molecular weight is 314 g/mol. The number of carbonyl (C=O) groups is 1. The molecule has 2 N–H and O–H groups in total. The molecule has 0 saturated heterocycles. The molecule has 1 aliphatic rings. The van der Waals surface area contributed by atoms with E-state index in [1.165, 1.54) is 18.2 Å². The highest BCUT2D eigenvalue weighted by Crippen LogP contribution is 2.22. The van der Waals surface area contributed by atoms with Gasteiger partial charge in [0.05, 0.1) is 24.4 Å². The second kappa shape index (κ2) is 6.58. The van der Waals surface area contributed by atoms with Crippen molar-refractivity contribution >= 4 is 17.5 Å². The van der Waals surface area contributed by atoms with Crippen molar-refractivity contribution < 1.29 is 19.0 Å². The number of nitrogens with zero attached hydrogens (tertiary/aromatic N) is 1. The smallest absolute Gasteiger partial charge is 0.255 e. The second-order valence-electron chi connectivity index (χ2n) is 5.08. The summed E-state index contributed by atoms with van der Waals surface area (Å²) in [5.74, 6) is -0.545. The topological polar surface area (TPSA) is 70.9 Å². The lowest BCUT2D eigenvalue weighted by Crippen LogP contribution is -2.19. The molecule has 0 radical (unpaired) electrons. The van der Waals surface area contributed by atoms with Crippen LogP contribution in [0, 0.1) is 5.82 Å². The van der Waals surface area contributed by atoms with Crippen LogP contribution in [-0.4, -0.2) is 36.2 Å². The van der Waals surface area contributed by atoms with E-state index in [0.29, 0.717) is 17.7 Å². The molecule has 0 aromatic heterocycles. The highest BCUT2D eigenvalue weighted by molar-refractivity contribution is 6.09. The van der Waals surface area contributed by atoms with E-state index in [9.17, 15) is 9.18 Å². The third kappa shape index (κ3) is 3.37. The molecule has 2 aromatic rings. The monoisotopic (exact) mass is 314 g/mol. The van der Waals surface area contributed by atoms with Crippen LogP contribution in [-0.2, 0) is 4.74 Å². The Balaban J connectivity index is 1.87. The van der Waals surface area contributed by atoms with Crippen LogP contribution < -0.4 is 5.32 Å². The molecule has 0 saturated carbocycles. The molecular formula is C17H15FN2O3. The van der Waals surface area contributed by atoms with Crippen molar-refractivity contribution in [3.63, 3.8) is 0 Å². The van der Waals surface area contributed by atoms with Crippen molar-refractivity contribution in [2.75, 3.05) is 18.5 Å². The molecule has 5 nitrogen and oxygen atoms in total. The van der Waals surface area contributed by atoms with Gasteiger partial charge in [0.2, 0.25) is 5.90 Å². The number of aliphatic hydroxyl groups is 1. The summed E-state index contributed by atoms with van der Waals surface area (Å²) in [5, 5.41) is 11.8. The van der Waals surface area contributed by atoms with Crippen LogP contribution in [0.3, 0.4) is 0 Å². The molecule has 23 heavy (non-hydrogen) atoms. The number of rotatable bonds is 4. The maximum atomic E-state index is 13.6. The molecule has 2 aromatic carbocycles. The van der Waals surface area contributed by atoms with Crippen molar-refractivity contribution in [1.82, 2.24) is 0 Å². The first-order valence-electron chi connectivity index (χ1n) is 7.15. The number of anilines is 1. The number of amides is 1. The minimum atomic E-state index is -0.477. The fourth-order valence-corrected chi connectivity index (χ4v) is 2.25. The lowest BCUT2D eigenvalue weighted by atomic mass is 10.1. The van der Waals surface area contributed by atoms with E-state index in [1.807, 2.05) is 0 Å². The zero-order valence-corrected chi connectivity index (χ0v) is 12.2. The number of aliphatic imine (C=N–C) groups is 1. The Morgan fingerprint density at radius 2 is 2.09 bits per heavy atom. The number of carbonyl (C=O) groups excluding carboxylic acids is 1. The summed E-state index contributed by atoms with van der Waals surface area (Å²) in [4.78, 5) is 16.4. The van der Waals surface area contributed by atoms with Gasteiger partial charge in [-0.3, -0.25) is 4.79 Å². The summed E-state index contributed by atoms with van der Waals surface area (Å²) in [5.41, 5.74) is 1.22. The Kier molecular flexibility index (Phi) is 4.34. The zero-order chi connectivity index (χ0) is 16.2. The minimum Gasteiger partial charge on any atom is -0.470 e. The van der Waals surface area contributed by atoms with E-state index in [0.717, 1.165) is 0 Å². The van der Waals surface area contributed by atoms with Gasteiger partial charge in [0, 0.05) is 5.56 Å². The van der Waals surface area contributed by atoms with Crippen molar-refractivity contribution in [2.45, 2.75) is 6.10 Å². The van der Waals surface area contributed by atoms with Gasteiger partial charge >= 0.3 is 0 Å². The SMILES string of the molecule is O=C(Nc1cc(F)ccc1C1=NCC(CO)O1)c1ccccc1. The predicted octanol–water partition coefficient (Wildman–Crippen LogP) is 2.22. The quantitative estimate of drug-likeness (QED) is 0.909. The largest absolute Gasteiger partial charge is 0.470 e. The lowest BCUT2D eigenvalue weighted by Gasteiger charge is -2.13. The van der Waals surface area contributed by atoms with E-state index in [1.54, 1.807) is 30.3 Å². The molecule has 1 unspecified atom stereocenters. The highest BCUT2D eigenvalue weighted by atomic mass is 19.1. The molecule has 0 aliphatic carbocycles. The summed E-state index contributed by atoms with van der Waals surface area (Å²) in [6.45, 7) is 0.176. The summed E-state index contributed by atoms with van der Waals surface area (Å²) in [6, 6.07) is 12.6. The maximum Gasteiger partial charge on any atom is 0.255 e. The lowest BCUT2D eigenvalue weighted by molar-refractivity contribution is 0.102. The Morgan fingerprint density at radius 1 is 1.30 bits per heavy atom. The molecule has 118 valence electrons. The van der Waals surface area contributed by atoms with Crippen molar-refractivity contribution in [3.8, 4) is 0 Å². The van der Waals surface area contributed by atoms with Gasteiger partial charge in [0.1, 0.15) is 11.9 Å². The average Bonchev–Trinajstić information content (AvgIpc) is 3.04. The number of halogens is 1. The molecule has 6 heteroatoms. The van der Waals surface area contributed by atoms with E-state index in [2.05, 4.69) is 10.3 Å². The first-order chi connectivity index (χ1) is 11.2. The predicted molar refractivity (Wildman–Crippen MR) is 84.2 cm³/mol. The third-order valence-corrected chi connectivity index (χ3v) is 3.42. The molecule has 0 fully saturated rings. The number of hydrogen-bond acceptors (Lipinski definition) is 4. The third-order valence-electron chi connectivity index (χ3n) is 3.42. The van der Waals surface area contributed by atoms with E-state index in [4.69, 9.17) is 9.84 Å². The summed E-state index contributed by atoms with van der Waals surface area (Å²) in [7, 11) is 0. The molecule has 3 rings (SSSR count). The first-order valence-corrected chi connectivity index (χ1v) is 7.15. The van der Waals surface area contributed by atoms with Crippen LogP contribution in [0.25, 0.3) is 0 Å². The zero-order valence-electron chi connectivity index (χ0n) is 12.2. The summed E-state index contributed by atoms with van der Waals surface area (Å²) < 4.78 is 19.0. The molecule has 0 spiro atoms. The molecular weight excluding hydrogens is 299 g/mol. The molecule has 1 aliphatic heterocycles. The number of benzene rings is 2. The van der Waals surface area contributed by atoms with Crippen LogP contribution in [0.1, 0.15) is 15.9 Å². The maximum absolute atomic E-state index is 13.6. The molecule has 1 heterocycles. The van der Waals surface area contributed by atoms with E-state index in [-0.39, 0.29) is 24.1 Å². The van der Waals surface area contributed by atoms with Crippen LogP contribution in [0.15, 0.2) is 53.5 Å². The highest BCUT2D eigenvalue weighted by Gasteiger charge is 2.23. The second-order valence-corrected chi connectivity index (χ2v) is 5.08. The van der Waals surface area contributed by atoms with Gasteiger partial charge in [-0.15, -0.1) is 0 Å². The van der Waals surface area contributed by atoms with E-state index >= 15 is 0 Å². The van der Waals surface area contributed by atoms with Gasteiger partial charge in [-0.05, 0) is 30.3 Å². The number of aliphatic hydroxyl groups excluding tert-OH is 1. The molecule has 1 amide bonds. The van der Waals surface area contributed by atoms with Crippen molar-refractivity contribution in [2.24, 2.45) is 4.99 Å². The van der Waals surface area contributed by atoms with E-state index < -0.39 is 11.9 Å².